The van der Waals surface area contributed by atoms with E-state index < -0.39 is 0 Å². The fourth-order valence-electron chi connectivity index (χ4n) is 2.54. The van der Waals surface area contributed by atoms with Crippen LogP contribution in [-0.4, -0.2) is 0 Å². The lowest BCUT2D eigenvalue weighted by molar-refractivity contribution is 0.719. The summed E-state index contributed by atoms with van der Waals surface area (Å²) >= 11 is 0. The van der Waals surface area contributed by atoms with Crippen LogP contribution in [0.4, 0.5) is 0 Å². The summed E-state index contributed by atoms with van der Waals surface area (Å²) in [4.78, 5) is 0. The molecule has 0 bridgehead atoms. The van der Waals surface area contributed by atoms with E-state index in [1.54, 1.807) is 0 Å². The van der Waals surface area contributed by atoms with Gasteiger partial charge < -0.3 is 5.73 Å². The second-order valence-corrected chi connectivity index (χ2v) is 6.53. The van der Waals surface area contributed by atoms with Gasteiger partial charge in [-0.2, -0.15) is 0 Å². The van der Waals surface area contributed by atoms with Crippen molar-refractivity contribution in [3.63, 3.8) is 0 Å². The van der Waals surface area contributed by atoms with E-state index in [1.165, 1.54) is 22.3 Å². The van der Waals surface area contributed by atoms with Crippen molar-refractivity contribution in [1.29, 1.82) is 0 Å². The number of hydrogen-bond acceptors (Lipinski definition) is 1. The molecule has 0 aliphatic carbocycles. The molecule has 0 aromatic heterocycles. The van der Waals surface area contributed by atoms with Gasteiger partial charge in [0, 0.05) is 6.04 Å². The van der Waals surface area contributed by atoms with Crippen LogP contribution >= 0.6 is 0 Å². The summed E-state index contributed by atoms with van der Waals surface area (Å²) in [6, 6.07) is 17.6. The van der Waals surface area contributed by atoms with E-state index >= 15 is 0 Å². The Labute approximate surface area is 129 Å². The molecule has 0 spiro atoms. The lowest BCUT2D eigenvalue weighted by Crippen LogP contribution is -2.13. The maximum absolute atomic E-state index is 6.35. The molecule has 0 radical (unpaired) electrons. The van der Waals surface area contributed by atoms with Crippen molar-refractivity contribution in [3.8, 4) is 0 Å². The number of benzene rings is 2. The number of rotatable bonds is 5. The molecule has 0 saturated carbocycles. The molecule has 1 unspecified atom stereocenters. The van der Waals surface area contributed by atoms with Gasteiger partial charge in [0.1, 0.15) is 0 Å². The minimum absolute atomic E-state index is 0.0658. The highest BCUT2D eigenvalue weighted by atomic mass is 14.6. The van der Waals surface area contributed by atoms with Crippen LogP contribution in [0, 0.1) is 0 Å². The van der Waals surface area contributed by atoms with E-state index in [4.69, 9.17) is 5.73 Å². The molecule has 1 heteroatoms. The molecule has 2 N–H and O–H groups in total. The molecule has 0 amide bonds. The molecule has 2 aromatic rings. The van der Waals surface area contributed by atoms with Crippen LogP contribution < -0.4 is 5.73 Å². The number of nitrogens with two attached hydrogens (primary N) is 1. The first kappa shape index (κ1) is 15.8. The SMILES string of the molecule is CC(C)c1ccc(CC(N)c2ccc(C(C)C)cc2)cc1. The molecule has 2 aromatic carbocycles. The quantitative estimate of drug-likeness (QED) is 0.803. The molecule has 1 atom stereocenters. The fourth-order valence-corrected chi connectivity index (χ4v) is 2.54. The van der Waals surface area contributed by atoms with Crippen LogP contribution in [0.1, 0.15) is 67.8 Å². The summed E-state index contributed by atoms with van der Waals surface area (Å²) in [5, 5.41) is 0. The van der Waals surface area contributed by atoms with Crippen LogP contribution in [0.25, 0.3) is 0 Å². The minimum atomic E-state index is 0.0658. The molecule has 0 aliphatic rings. The van der Waals surface area contributed by atoms with Crippen LogP contribution in [0.3, 0.4) is 0 Å². The summed E-state index contributed by atoms with van der Waals surface area (Å²) in [6.45, 7) is 8.87. The largest absolute Gasteiger partial charge is 0.324 e. The number of hydrogen-bond donors (Lipinski definition) is 1. The van der Waals surface area contributed by atoms with Crippen molar-refractivity contribution in [2.75, 3.05) is 0 Å². The summed E-state index contributed by atoms with van der Waals surface area (Å²) in [5.41, 5.74) is 11.6. The monoisotopic (exact) mass is 281 g/mol. The van der Waals surface area contributed by atoms with Gasteiger partial charge in [0.2, 0.25) is 0 Å². The van der Waals surface area contributed by atoms with E-state index in [0.29, 0.717) is 11.8 Å². The van der Waals surface area contributed by atoms with Crippen LogP contribution in [0.15, 0.2) is 48.5 Å². The van der Waals surface area contributed by atoms with Gasteiger partial charge in [0.15, 0.2) is 0 Å². The third-order valence-electron chi connectivity index (χ3n) is 4.13. The molecule has 0 aliphatic heterocycles. The first-order valence-corrected chi connectivity index (χ1v) is 7.91. The third kappa shape index (κ3) is 4.18. The Balaban J connectivity index is 2.04. The van der Waals surface area contributed by atoms with Gasteiger partial charge in [-0.05, 0) is 40.5 Å². The standard InChI is InChI=1S/C20H27N/c1-14(2)17-7-5-16(6-8-17)13-20(21)19-11-9-18(10-12-19)15(3)4/h5-12,14-15,20H,13,21H2,1-4H3. The maximum Gasteiger partial charge on any atom is 0.0335 e. The van der Waals surface area contributed by atoms with E-state index in [-0.39, 0.29) is 6.04 Å². The van der Waals surface area contributed by atoms with Crippen molar-refractivity contribution >= 4 is 0 Å². The van der Waals surface area contributed by atoms with Crippen LogP contribution in [-0.2, 0) is 6.42 Å². The van der Waals surface area contributed by atoms with Gasteiger partial charge in [0.05, 0.1) is 0 Å². The van der Waals surface area contributed by atoms with E-state index in [1.807, 2.05) is 0 Å². The first-order chi connectivity index (χ1) is 9.97. The Bertz CT molecular complexity index is 549. The normalized spacial score (nSPS) is 12.9. The molecule has 0 saturated heterocycles. The topological polar surface area (TPSA) is 26.0 Å². The van der Waals surface area contributed by atoms with Crippen molar-refractivity contribution in [3.05, 3.63) is 70.8 Å². The molecule has 1 nitrogen and oxygen atoms in total. The van der Waals surface area contributed by atoms with Crippen molar-refractivity contribution < 1.29 is 0 Å². The zero-order valence-electron chi connectivity index (χ0n) is 13.6. The van der Waals surface area contributed by atoms with Gasteiger partial charge >= 0.3 is 0 Å². The second-order valence-electron chi connectivity index (χ2n) is 6.53. The average molecular weight is 281 g/mol. The van der Waals surface area contributed by atoms with Gasteiger partial charge in [-0.15, -0.1) is 0 Å². The zero-order valence-corrected chi connectivity index (χ0v) is 13.6. The van der Waals surface area contributed by atoms with Crippen molar-refractivity contribution in [2.24, 2.45) is 5.73 Å². The molecule has 21 heavy (non-hydrogen) atoms. The summed E-state index contributed by atoms with van der Waals surface area (Å²) in [5.74, 6) is 1.15. The predicted molar refractivity (Wildman–Crippen MR) is 91.7 cm³/mol. The molecule has 2 rings (SSSR count). The minimum Gasteiger partial charge on any atom is -0.324 e. The Morgan fingerprint density at radius 1 is 0.667 bits per heavy atom. The van der Waals surface area contributed by atoms with E-state index in [0.717, 1.165) is 6.42 Å². The predicted octanol–water partition coefficient (Wildman–Crippen LogP) is 5.18. The van der Waals surface area contributed by atoms with Crippen LogP contribution in [0.5, 0.6) is 0 Å². The highest BCUT2D eigenvalue weighted by molar-refractivity contribution is 5.30. The fraction of sp³-hybridized carbons (Fsp3) is 0.400. The highest BCUT2D eigenvalue weighted by Gasteiger charge is 2.08. The highest BCUT2D eigenvalue weighted by Crippen LogP contribution is 2.21. The van der Waals surface area contributed by atoms with Crippen molar-refractivity contribution in [2.45, 2.75) is 52.0 Å². The Kier molecular flexibility index (Phi) is 5.19. The lowest BCUT2D eigenvalue weighted by atomic mass is 9.95. The van der Waals surface area contributed by atoms with Gasteiger partial charge in [-0.1, -0.05) is 76.2 Å². The Morgan fingerprint density at radius 2 is 1.05 bits per heavy atom. The third-order valence-corrected chi connectivity index (χ3v) is 4.13. The average Bonchev–Trinajstić information content (AvgIpc) is 2.47. The molecule has 0 heterocycles. The summed E-state index contributed by atoms with van der Waals surface area (Å²) < 4.78 is 0. The van der Waals surface area contributed by atoms with Crippen LogP contribution in [0.2, 0.25) is 0 Å². The lowest BCUT2D eigenvalue weighted by Gasteiger charge is -2.14. The first-order valence-electron chi connectivity index (χ1n) is 7.91. The zero-order chi connectivity index (χ0) is 15.4. The maximum atomic E-state index is 6.35. The summed E-state index contributed by atoms with van der Waals surface area (Å²) in [6.07, 6.45) is 0.888. The molecule has 112 valence electrons. The molecule has 0 fully saturated rings. The Morgan fingerprint density at radius 3 is 1.48 bits per heavy atom. The van der Waals surface area contributed by atoms with E-state index in [9.17, 15) is 0 Å². The van der Waals surface area contributed by atoms with Gasteiger partial charge in [-0.3, -0.25) is 0 Å². The second kappa shape index (κ2) is 6.91. The van der Waals surface area contributed by atoms with Gasteiger partial charge in [0.25, 0.3) is 0 Å². The van der Waals surface area contributed by atoms with Crippen molar-refractivity contribution in [1.82, 2.24) is 0 Å². The Hall–Kier alpha value is -1.60. The van der Waals surface area contributed by atoms with Gasteiger partial charge in [-0.25, -0.2) is 0 Å². The summed E-state index contributed by atoms with van der Waals surface area (Å²) in [7, 11) is 0. The molecular weight excluding hydrogens is 254 g/mol. The smallest absolute Gasteiger partial charge is 0.0335 e. The molecular formula is C20H27N. The van der Waals surface area contributed by atoms with E-state index in [2.05, 4.69) is 76.2 Å².